The second-order valence-electron chi connectivity index (χ2n) is 6.17. The number of hydrogen-bond donors (Lipinski definition) is 3. The minimum Gasteiger partial charge on any atom is -0.353 e. The molecule has 8 heteroatoms. The van der Waals surface area contributed by atoms with Gasteiger partial charge in [0, 0.05) is 35.5 Å². The first-order valence-corrected chi connectivity index (χ1v) is 8.93. The molecule has 2 aliphatic rings. The molecule has 3 N–H and O–H groups in total. The van der Waals surface area contributed by atoms with Crippen molar-refractivity contribution in [2.45, 2.75) is 38.3 Å². The topological polar surface area (TPSA) is 104 Å². The van der Waals surface area contributed by atoms with E-state index in [1.165, 1.54) is 6.07 Å². The minimum atomic E-state index is -0.465. The summed E-state index contributed by atoms with van der Waals surface area (Å²) in [4.78, 5) is 35.8. The number of aromatic nitrogens is 2. The third-order valence-corrected chi connectivity index (χ3v) is 5.42. The van der Waals surface area contributed by atoms with Gasteiger partial charge in [0.05, 0.1) is 0 Å². The number of carbonyl (C=O) groups is 2. The van der Waals surface area contributed by atoms with Crippen LogP contribution in [0.5, 0.6) is 0 Å². The summed E-state index contributed by atoms with van der Waals surface area (Å²) in [6, 6.07) is 1.45. The molecule has 1 aliphatic heterocycles. The van der Waals surface area contributed by atoms with Crippen LogP contribution in [0.15, 0.2) is 10.9 Å². The van der Waals surface area contributed by atoms with E-state index in [1.807, 2.05) is 11.8 Å². The first kappa shape index (κ1) is 16.0. The molecule has 1 aliphatic carbocycles. The Morgan fingerprint density at radius 2 is 2.04 bits per heavy atom. The molecule has 1 aromatic rings. The van der Waals surface area contributed by atoms with Crippen LogP contribution in [0.3, 0.4) is 0 Å². The normalized spacial score (nSPS) is 26.4. The lowest BCUT2D eigenvalue weighted by Gasteiger charge is -2.36. The van der Waals surface area contributed by atoms with Crippen LogP contribution >= 0.6 is 11.8 Å². The van der Waals surface area contributed by atoms with Crippen molar-refractivity contribution in [1.29, 1.82) is 0 Å². The molecule has 124 valence electrons. The Labute approximate surface area is 138 Å². The van der Waals surface area contributed by atoms with Crippen molar-refractivity contribution in [2.75, 3.05) is 11.5 Å². The molecule has 2 heterocycles. The largest absolute Gasteiger partial charge is 0.353 e. The van der Waals surface area contributed by atoms with E-state index in [4.69, 9.17) is 0 Å². The lowest BCUT2D eigenvalue weighted by Crippen LogP contribution is -2.55. The van der Waals surface area contributed by atoms with E-state index in [0.717, 1.165) is 17.9 Å². The van der Waals surface area contributed by atoms with Crippen LogP contribution in [0, 0.1) is 12.8 Å². The molecular formula is C15H20N4O3S. The van der Waals surface area contributed by atoms with Gasteiger partial charge in [-0.3, -0.25) is 19.5 Å². The number of aromatic amines is 1. The monoisotopic (exact) mass is 336 g/mol. The Bertz CT molecular complexity index is 663. The molecule has 1 unspecified atom stereocenters. The fourth-order valence-electron chi connectivity index (χ4n) is 2.83. The van der Waals surface area contributed by atoms with Crippen molar-refractivity contribution in [3.05, 3.63) is 27.7 Å². The smallest absolute Gasteiger partial charge is 0.276 e. The number of H-pyrrole nitrogens is 1. The van der Waals surface area contributed by atoms with Crippen LogP contribution in [0.25, 0.3) is 0 Å². The van der Waals surface area contributed by atoms with Crippen LogP contribution in [-0.4, -0.2) is 45.6 Å². The summed E-state index contributed by atoms with van der Waals surface area (Å²) in [5.41, 5.74) is 0.107. The molecule has 2 amide bonds. The Hall–Kier alpha value is -1.83. The molecule has 1 atom stereocenters. The SMILES string of the molecule is Cc1cc(=O)c(C(=O)NC2CC(NC(=O)C3CCSC3)C2)n[nH]1. The molecule has 0 spiro atoms. The first-order chi connectivity index (χ1) is 11.0. The zero-order valence-corrected chi connectivity index (χ0v) is 13.7. The molecule has 0 aromatic carbocycles. The molecule has 1 aromatic heterocycles. The number of nitrogens with one attached hydrogen (secondary N) is 3. The first-order valence-electron chi connectivity index (χ1n) is 7.78. The maximum atomic E-state index is 12.0. The van der Waals surface area contributed by atoms with Crippen LogP contribution in [0.1, 0.15) is 35.4 Å². The average molecular weight is 336 g/mol. The van der Waals surface area contributed by atoms with Gasteiger partial charge in [0.2, 0.25) is 11.3 Å². The number of carbonyl (C=O) groups excluding carboxylic acids is 2. The van der Waals surface area contributed by atoms with Crippen LogP contribution in [-0.2, 0) is 4.79 Å². The predicted octanol–water partition coefficient (Wildman–Crippen LogP) is 0.208. The van der Waals surface area contributed by atoms with Crippen molar-refractivity contribution in [3.8, 4) is 0 Å². The predicted molar refractivity (Wildman–Crippen MR) is 87.4 cm³/mol. The second-order valence-corrected chi connectivity index (χ2v) is 7.32. The highest BCUT2D eigenvalue weighted by molar-refractivity contribution is 7.99. The van der Waals surface area contributed by atoms with Gasteiger partial charge in [-0.15, -0.1) is 0 Å². The summed E-state index contributed by atoms with van der Waals surface area (Å²) < 4.78 is 0. The maximum Gasteiger partial charge on any atom is 0.276 e. The molecular weight excluding hydrogens is 316 g/mol. The summed E-state index contributed by atoms with van der Waals surface area (Å²) in [5, 5.41) is 12.2. The molecule has 23 heavy (non-hydrogen) atoms. The number of nitrogens with zero attached hydrogens (tertiary/aromatic N) is 1. The van der Waals surface area contributed by atoms with Crippen molar-refractivity contribution in [1.82, 2.24) is 20.8 Å². The third kappa shape index (κ3) is 3.74. The van der Waals surface area contributed by atoms with E-state index in [1.54, 1.807) is 6.92 Å². The Balaban J connectivity index is 1.45. The van der Waals surface area contributed by atoms with E-state index in [9.17, 15) is 14.4 Å². The molecule has 2 fully saturated rings. The number of thioether (sulfide) groups is 1. The van der Waals surface area contributed by atoms with Gasteiger partial charge in [-0.2, -0.15) is 16.9 Å². The molecule has 0 radical (unpaired) electrons. The van der Waals surface area contributed by atoms with Gasteiger partial charge in [0.1, 0.15) is 0 Å². The van der Waals surface area contributed by atoms with Gasteiger partial charge >= 0.3 is 0 Å². The minimum absolute atomic E-state index is 0.0201. The van der Waals surface area contributed by atoms with Crippen LogP contribution in [0.4, 0.5) is 0 Å². The van der Waals surface area contributed by atoms with E-state index in [-0.39, 0.29) is 35.0 Å². The van der Waals surface area contributed by atoms with Crippen LogP contribution in [0.2, 0.25) is 0 Å². The summed E-state index contributed by atoms with van der Waals surface area (Å²) in [6.45, 7) is 1.71. The lowest BCUT2D eigenvalue weighted by atomic mass is 9.86. The zero-order valence-electron chi connectivity index (χ0n) is 12.9. The van der Waals surface area contributed by atoms with E-state index in [2.05, 4.69) is 20.8 Å². The maximum absolute atomic E-state index is 12.0. The van der Waals surface area contributed by atoms with E-state index >= 15 is 0 Å². The van der Waals surface area contributed by atoms with Gasteiger partial charge in [0.15, 0.2) is 5.69 Å². The standard InChI is InChI=1S/C15H20N4O3S/c1-8-4-12(20)13(19-18-8)15(22)17-11-5-10(6-11)16-14(21)9-2-3-23-7-9/h4,9-11H,2-3,5-7H2,1H3,(H,16,21)(H,17,22)(H,18,20). The summed E-state index contributed by atoms with van der Waals surface area (Å²) >= 11 is 1.81. The fraction of sp³-hybridized carbons (Fsp3) is 0.600. The van der Waals surface area contributed by atoms with Crippen molar-refractivity contribution >= 4 is 23.6 Å². The average Bonchev–Trinajstić information content (AvgIpc) is 2.98. The Morgan fingerprint density at radius 1 is 1.30 bits per heavy atom. The van der Waals surface area contributed by atoms with Gasteiger partial charge in [-0.05, 0) is 31.9 Å². The van der Waals surface area contributed by atoms with Gasteiger partial charge in [-0.25, -0.2) is 0 Å². The van der Waals surface area contributed by atoms with E-state index < -0.39 is 5.91 Å². The van der Waals surface area contributed by atoms with Gasteiger partial charge in [-0.1, -0.05) is 0 Å². The zero-order chi connectivity index (χ0) is 16.4. The summed E-state index contributed by atoms with van der Waals surface area (Å²) in [5.74, 6) is 1.75. The Kier molecular flexibility index (Phi) is 4.70. The van der Waals surface area contributed by atoms with Crippen molar-refractivity contribution in [3.63, 3.8) is 0 Å². The van der Waals surface area contributed by atoms with Gasteiger partial charge in [0.25, 0.3) is 5.91 Å². The molecule has 0 bridgehead atoms. The van der Waals surface area contributed by atoms with Crippen molar-refractivity contribution < 1.29 is 9.59 Å². The highest BCUT2D eigenvalue weighted by Crippen LogP contribution is 2.25. The highest BCUT2D eigenvalue weighted by Gasteiger charge is 2.34. The fourth-order valence-corrected chi connectivity index (χ4v) is 4.05. The highest BCUT2D eigenvalue weighted by atomic mass is 32.2. The quantitative estimate of drug-likeness (QED) is 0.729. The van der Waals surface area contributed by atoms with Gasteiger partial charge < -0.3 is 10.6 Å². The molecule has 1 saturated carbocycles. The molecule has 1 saturated heterocycles. The van der Waals surface area contributed by atoms with E-state index in [0.29, 0.717) is 18.5 Å². The number of amides is 2. The summed E-state index contributed by atoms with van der Waals surface area (Å²) in [6.07, 6.45) is 2.34. The summed E-state index contributed by atoms with van der Waals surface area (Å²) in [7, 11) is 0. The molecule has 3 rings (SSSR count). The van der Waals surface area contributed by atoms with Crippen LogP contribution < -0.4 is 16.1 Å². The Morgan fingerprint density at radius 3 is 2.70 bits per heavy atom. The third-order valence-electron chi connectivity index (χ3n) is 4.26. The van der Waals surface area contributed by atoms with Crippen molar-refractivity contribution in [2.24, 2.45) is 5.92 Å². The number of rotatable bonds is 4. The number of aryl methyl sites for hydroxylation is 1. The number of hydrogen-bond acceptors (Lipinski definition) is 5. The lowest BCUT2D eigenvalue weighted by molar-refractivity contribution is -0.125. The molecule has 7 nitrogen and oxygen atoms in total. The second kappa shape index (κ2) is 6.74.